The van der Waals surface area contributed by atoms with E-state index in [-0.39, 0.29) is 11.8 Å². The van der Waals surface area contributed by atoms with Crippen molar-refractivity contribution in [2.45, 2.75) is 20.8 Å². The Labute approximate surface area is 203 Å². The Kier molecular flexibility index (Phi) is 5.74. The van der Waals surface area contributed by atoms with Crippen LogP contribution in [0.1, 0.15) is 26.3 Å². The maximum absolute atomic E-state index is 12.1. The lowest BCUT2D eigenvalue weighted by molar-refractivity contribution is -0.118. The van der Waals surface area contributed by atoms with Gasteiger partial charge in [0.25, 0.3) is 0 Å². The first-order valence-electron chi connectivity index (χ1n) is 11.5. The number of carbonyl (C=O) groups is 1. The maximum Gasteiger partial charge on any atom is 0.226 e. The number of aromatic nitrogens is 5. The van der Waals surface area contributed by atoms with Crippen molar-refractivity contribution in [2.24, 2.45) is 5.92 Å². The van der Waals surface area contributed by atoms with E-state index < -0.39 is 0 Å². The zero-order chi connectivity index (χ0) is 24.5. The molecule has 7 heteroatoms. The van der Waals surface area contributed by atoms with Gasteiger partial charge in [-0.25, -0.2) is 4.98 Å². The van der Waals surface area contributed by atoms with Crippen LogP contribution in [0.4, 0.5) is 5.69 Å². The molecular weight excluding hydrogens is 436 g/mol. The van der Waals surface area contributed by atoms with Crippen molar-refractivity contribution in [1.29, 1.82) is 0 Å². The Morgan fingerprint density at radius 2 is 1.91 bits per heavy atom. The van der Waals surface area contributed by atoms with Crippen LogP contribution >= 0.6 is 0 Å². The first-order chi connectivity index (χ1) is 16.9. The van der Waals surface area contributed by atoms with E-state index in [0.717, 1.165) is 49.9 Å². The summed E-state index contributed by atoms with van der Waals surface area (Å²) in [6.07, 6.45) is 9.16. The molecule has 4 aromatic heterocycles. The summed E-state index contributed by atoms with van der Waals surface area (Å²) in [5.74, 6) is -0.165. The number of amides is 1. The van der Waals surface area contributed by atoms with Gasteiger partial charge < -0.3 is 10.3 Å². The topological polar surface area (TPSA) is 99.3 Å². The van der Waals surface area contributed by atoms with E-state index >= 15 is 0 Å². The summed E-state index contributed by atoms with van der Waals surface area (Å²) in [6, 6.07) is 12.2. The Morgan fingerprint density at radius 3 is 2.71 bits per heavy atom. The van der Waals surface area contributed by atoms with Gasteiger partial charge >= 0.3 is 0 Å². The van der Waals surface area contributed by atoms with E-state index in [0.29, 0.717) is 11.3 Å². The lowest BCUT2D eigenvalue weighted by Gasteiger charge is -2.09. The molecule has 1 aromatic carbocycles. The number of hydrogen-bond acceptors (Lipinski definition) is 4. The highest BCUT2D eigenvalue weighted by Gasteiger charge is 2.15. The van der Waals surface area contributed by atoms with Crippen LogP contribution in [0.5, 0.6) is 0 Å². The molecule has 1 amide bonds. The summed E-state index contributed by atoms with van der Waals surface area (Å²) in [4.78, 5) is 24.5. The molecule has 4 heterocycles. The average molecular weight is 463 g/mol. The average Bonchev–Trinajstić information content (AvgIpc) is 3.47. The maximum atomic E-state index is 12.1. The molecule has 0 bridgehead atoms. The zero-order valence-corrected chi connectivity index (χ0v) is 19.9. The molecule has 0 aliphatic rings. The van der Waals surface area contributed by atoms with Gasteiger partial charge in [0.1, 0.15) is 0 Å². The van der Waals surface area contributed by atoms with E-state index in [1.165, 1.54) is 0 Å². The van der Waals surface area contributed by atoms with Crippen LogP contribution in [0.2, 0.25) is 0 Å². The number of carbonyl (C=O) groups excluding carboxylic acids is 1. The standard InChI is InChI=1S/C28H26N6O/c1-5-7-17(4)21-8-6-9-24-22(21)12-25(32-24)26-23-11-19(14-30-27(23)34-33-26)18-10-20(15-29-13-18)31-28(35)16(2)3/h5-16,32H,4H2,1-3H3,(H,31,35)(H,30,33,34)/b7-5-. The molecule has 5 aromatic rings. The Hall–Kier alpha value is -4.52. The lowest BCUT2D eigenvalue weighted by Crippen LogP contribution is -2.17. The molecule has 0 aliphatic carbocycles. The molecule has 35 heavy (non-hydrogen) atoms. The first-order valence-corrected chi connectivity index (χ1v) is 11.5. The van der Waals surface area contributed by atoms with Crippen LogP contribution in [0, 0.1) is 5.92 Å². The summed E-state index contributed by atoms with van der Waals surface area (Å²) >= 11 is 0. The van der Waals surface area contributed by atoms with Gasteiger partial charge in [0.15, 0.2) is 5.65 Å². The molecule has 0 radical (unpaired) electrons. The van der Waals surface area contributed by atoms with Crippen LogP contribution < -0.4 is 5.32 Å². The second-order valence-electron chi connectivity index (χ2n) is 8.78. The molecule has 174 valence electrons. The van der Waals surface area contributed by atoms with Gasteiger partial charge in [-0.3, -0.25) is 14.9 Å². The molecule has 7 nitrogen and oxygen atoms in total. The zero-order valence-electron chi connectivity index (χ0n) is 19.9. The Morgan fingerprint density at radius 1 is 1.09 bits per heavy atom. The molecule has 3 N–H and O–H groups in total. The predicted octanol–water partition coefficient (Wildman–Crippen LogP) is 6.35. The highest BCUT2D eigenvalue weighted by molar-refractivity contribution is 6.00. The number of fused-ring (bicyclic) bond motifs is 2. The molecule has 0 fully saturated rings. The van der Waals surface area contributed by atoms with Crippen molar-refractivity contribution >= 4 is 39.1 Å². The summed E-state index contributed by atoms with van der Waals surface area (Å²) in [7, 11) is 0. The number of H-pyrrole nitrogens is 2. The Bertz CT molecular complexity index is 1600. The predicted molar refractivity (Wildman–Crippen MR) is 142 cm³/mol. The number of anilines is 1. The molecule has 0 spiro atoms. The number of benzene rings is 1. The van der Waals surface area contributed by atoms with Gasteiger partial charge in [0, 0.05) is 45.7 Å². The largest absolute Gasteiger partial charge is 0.353 e. The van der Waals surface area contributed by atoms with Gasteiger partial charge in [0.05, 0.1) is 23.3 Å². The fourth-order valence-corrected chi connectivity index (χ4v) is 4.08. The number of pyridine rings is 2. The van der Waals surface area contributed by atoms with Gasteiger partial charge in [-0.1, -0.05) is 44.7 Å². The van der Waals surface area contributed by atoms with Gasteiger partial charge in [-0.15, -0.1) is 0 Å². The quantitative estimate of drug-likeness (QED) is 0.256. The summed E-state index contributed by atoms with van der Waals surface area (Å²) < 4.78 is 0. The normalized spacial score (nSPS) is 11.7. The molecule has 5 rings (SSSR count). The molecular formula is C28H26N6O. The van der Waals surface area contributed by atoms with Crippen LogP contribution in [0.15, 0.2) is 73.7 Å². The van der Waals surface area contributed by atoms with E-state index in [4.69, 9.17) is 0 Å². The van der Waals surface area contributed by atoms with Crippen molar-refractivity contribution in [2.75, 3.05) is 5.32 Å². The fourth-order valence-electron chi connectivity index (χ4n) is 4.08. The number of rotatable bonds is 6. The Balaban J connectivity index is 1.56. The highest BCUT2D eigenvalue weighted by atomic mass is 16.1. The number of nitrogens with zero attached hydrogens (tertiary/aromatic N) is 3. The van der Waals surface area contributed by atoms with Gasteiger partial charge in [-0.05, 0) is 42.3 Å². The molecule has 0 aliphatic heterocycles. The lowest BCUT2D eigenvalue weighted by atomic mass is 10.0. The fraction of sp³-hybridized carbons (Fsp3) is 0.143. The van der Waals surface area contributed by atoms with E-state index in [1.807, 2.05) is 51.1 Å². The SMILES string of the molecule is C=C(/C=C\C)c1cccc2[nH]c(-c3[nH]nc4ncc(-c5cncc(NC(=O)C(C)C)c5)cc34)cc12. The highest BCUT2D eigenvalue weighted by Crippen LogP contribution is 2.33. The first kappa shape index (κ1) is 22.3. The van der Waals surface area contributed by atoms with Crippen LogP contribution in [0.3, 0.4) is 0 Å². The van der Waals surface area contributed by atoms with Crippen molar-refractivity contribution in [3.63, 3.8) is 0 Å². The molecule has 0 saturated heterocycles. The number of allylic oxidation sites excluding steroid dienone is 3. The number of hydrogen-bond donors (Lipinski definition) is 3. The van der Waals surface area contributed by atoms with Crippen molar-refractivity contribution in [3.05, 3.63) is 79.3 Å². The number of aromatic amines is 2. The van der Waals surface area contributed by atoms with Crippen LogP contribution in [-0.2, 0) is 4.79 Å². The van der Waals surface area contributed by atoms with Crippen molar-refractivity contribution in [1.82, 2.24) is 25.1 Å². The second-order valence-corrected chi connectivity index (χ2v) is 8.78. The summed E-state index contributed by atoms with van der Waals surface area (Å²) in [6.45, 7) is 9.90. The third-order valence-corrected chi connectivity index (χ3v) is 5.92. The van der Waals surface area contributed by atoms with Gasteiger partial charge in [-0.2, -0.15) is 5.10 Å². The molecule has 0 atom stereocenters. The van der Waals surface area contributed by atoms with Gasteiger partial charge in [0.2, 0.25) is 5.91 Å². The third kappa shape index (κ3) is 4.24. The van der Waals surface area contributed by atoms with E-state index in [9.17, 15) is 4.79 Å². The van der Waals surface area contributed by atoms with Crippen LogP contribution in [0.25, 0.3) is 50.0 Å². The second kappa shape index (κ2) is 9.02. The monoisotopic (exact) mass is 462 g/mol. The van der Waals surface area contributed by atoms with Crippen molar-refractivity contribution < 1.29 is 4.79 Å². The molecule has 0 saturated carbocycles. The van der Waals surface area contributed by atoms with Crippen molar-refractivity contribution in [3.8, 4) is 22.5 Å². The summed E-state index contributed by atoms with van der Waals surface area (Å²) in [5, 5.41) is 12.4. The molecule has 0 unspecified atom stereocenters. The van der Waals surface area contributed by atoms with Crippen LogP contribution in [-0.4, -0.2) is 31.1 Å². The minimum Gasteiger partial charge on any atom is -0.353 e. The summed E-state index contributed by atoms with van der Waals surface area (Å²) in [5.41, 5.74) is 7.84. The van der Waals surface area contributed by atoms with E-state index in [1.54, 1.807) is 18.6 Å². The smallest absolute Gasteiger partial charge is 0.226 e. The van der Waals surface area contributed by atoms with E-state index in [2.05, 4.69) is 55.2 Å². The number of nitrogens with one attached hydrogen (secondary N) is 3. The minimum atomic E-state index is -0.114. The third-order valence-electron chi connectivity index (χ3n) is 5.92. The minimum absolute atomic E-state index is 0.0510.